The van der Waals surface area contributed by atoms with Crippen LogP contribution >= 0.6 is 24.4 Å². The van der Waals surface area contributed by atoms with Crippen LogP contribution in [-0.2, 0) is 4.74 Å². The number of thiol groups is 1. The molecular weight excluding hydrogens is 276 g/mol. The fraction of sp³-hybridized carbons (Fsp3) is 1.00. The maximum Gasteiger partial charge on any atom is 0.0599 e. The average molecular weight is 305 g/mol. The van der Waals surface area contributed by atoms with Gasteiger partial charge in [-0.3, -0.25) is 9.80 Å². The molecule has 0 N–H and O–H groups in total. The first-order valence-electron chi connectivity index (χ1n) is 7.48. The number of ether oxygens (including phenoxy) is 1. The number of piperidine rings is 2. The lowest BCUT2D eigenvalue weighted by molar-refractivity contribution is -0.0156. The monoisotopic (exact) mass is 304 g/mol. The van der Waals surface area contributed by atoms with Crippen LogP contribution in [0.15, 0.2) is 0 Å². The van der Waals surface area contributed by atoms with Crippen molar-refractivity contribution in [3.8, 4) is 0 Å². The topological polar surface area (TPSA) is 15.7 Å². The van der Waals surface area contributed by atoms with E-state index in [0.29, 0.717) is 6.10 Å². The Morgan fingerprint density at radius 1 is 1.05 bits per heavy atom. The van der Waals surface area contributed by atoms with Gasteiger partial charge < -0.3 is 4.74 Å². The minimum atomic E-state index is 0.515. The minimum Gasteiger partial charge on any atom is -0.378 e. The molecule has 2 saturated heterocycles. The van der Waals surface area contributed by atoms with Gasteiger partial charge in [0, 0.05) is 31.4 Å². The Hall–Kier alpha value is 0.580. The Morgan fingerprint density at radius 2 is 1.68 bits per heavy atom. The second kappa shape index (κ2) is 8.78. The van der Waals surface area contributed by atoms with Crippen molar-refractivity contribution in [3.63, 3.8) is 0 Å². The molecule has 2 fully saturated rings. The molecule has 2 aliphatic rings. The number of hydrogen-bond donors (Lipinski definition) is 1. The van der Waals surface area contributed by atoms with E-state index in [1.54, 1.807) is 0 Å². The molecule has 19 heavy (non-hydrogen) atoms. The smallest absolute Gasteiger partial charge is 0.0599 e. The Balaban J connectivity index is 1.57. The largest absolute Gasteiger partial charge is 0.378 e. The Morgan fingerprint density at radius 3 is 2.26 bits per heavy atom. The van der Waals surface area contributed by atoms with E-state index in [9.17, 15) is 0 Å². The summed E-state index contributed by atoms with van der Waals surface area (Å²) in [5, 5.41) is 0. The molecule has 0 unspecified atom stereocenters. The van der Waals surface area contributed by atoms with Gasteiger partial charge in [0.05, 0.1) is 6.10 Å². The van der Waals surface area contributed by atoms with Gasteiger partial charge in [-0.2, -0.15) is 12.6 Å². The van der Waals surface area contributed by atoms with Crippen LogP contribution in [0.1, 0.15) is 25.7 Å². The van der Waals surface area contributed by atoms with Crippen molar-refractivity contribution in [2.24, 2.45) is 5.92 Å². The summed E-state index contributed by atoms with van der Waals surface area (Å²) in [4.78, 5) is 4.95. The first kappa shape index (κ1) is 16.0. The van der Waals surface area contributed by atoms with Gasteiger partial charge in [0.15, 0.2) is 0 Å². The van der Waals surface area contributed by atoms with Crippen LogP contribution in [0.25, 0.3) is 0 Å². The standard InChI is InChI=1S/C14H28N2OS2/c1-19-12-16-8-4-14(5-9-16)17-10-13-2-6-15(11-18)7-3-13/h13-14,18H,2-12H2,1H3. The van der Waals surface area contributed by atoms with Gasteiger partial charge in [0.1, 0.15) is 0 Å². The molecule has 2 aliphatic heterocycles. The van der Waals surface area contributed by atoms with Crippen LogP contribution in [0.3, 0.4) is 0 Å². The summed E-state index contributed by atoms with van der Waals surface area (Å²) in [5.74, 6) is 2.86. The average Bonchev–Trinajstić information content (AvgIpc) is 2.47. The lowest BCUT2D eigenvalue weighted by Crippen LogP contribution is -2.38. The molecule has 0 saturated carbocycles. The van der Waals surface area contributed by atoms with Crippen molar-refractivity contribution in [3.05, 3.63) is 0 Å². The molecule has 0 atom stereocenters. The summed E-state index contributed by atoms with van der Waals surface area (Å²) in [7, 11) is 0. The number of likely N-dealkylation sites (tertiary alicyclic amines) is 2. The third kappa shape index (κ3) is 5.46. The predicted molar refractivity (Wildman–Crippen MR) is 87.1 cm³/mol. The molecule has 0 aromatic rings. The van der Waals surface area contributed by atoms with Crippen molar-refractivity contribution in [1.82, 2.24) is 9.80 Å². The van der Waals surface area contributed by atoms with Gasteiger partial charge in [-0.25, -0.2) is 0 Å². The molecule has 3 nitrogen and oxygen atoms in total. The Bertz CT molecular complexity index is 240. The summed E-state index contributed by atoms with van der Waals surface area (Å²) >= 11 is 6.26. The fourth-order valence-electron chi connectivity index (χ4n) is 2.95. The molecule has 0 radical (unpaired) electrons. The van der Waals surface area contributed by atoms with Crippen molar-refractivity contribution in [2.75, 3.05) is 50.8 Å². The van der Waals surface area contributed by atoms with Crippen molar-refractivity contribution in [1.29, 1.82) is 0 Å². The maximum absolute atomic E-state index is 6.15. The zero-order valence-corrected chi connectivity index (χ0v) is 13.8. The quantitative estimate of drug-likeness (QED) is 0.758. The number of hydrogen-bond acceptors (Lipinski definition) is 5. The van der Waals surface area contributed by atoms with E-state index in [1.807, 2.05) is 11.8 Å². The molecule has 2 rings (SSSR count). The summed E-state index contributed by atoms with van der Waals surface area (Å²) in [5.41, 5.74) is 0. The van der Waals surface area contributed by atoms with Gasteiger partial charge in [-0.15, -0.1) is 11.8 Å². The molecule has 0 aromatic heterocycles. The lowest BCUT2D eigenvalue weighted by Gasteiger charge is -2.34. The first-order valence-corrected chi connectivity index (χ1v) is 9.50. The summed E-state index contributed by atoms with van der Waals surface area (Å²) in [6.07, 6.45) is 7.70. The van der Waals surface area contributed by atoms with Gasteiger partial charge >= 0.3 is 0 Å². The number of rotatable bonds is 6. The summed E-state index contributed by atoms with van der Waals surface area (Å²) in [6.45, 7) is 5.80. The second-order valence-electron chi connectivity index (χ2n) is 5.77. The molecule has 0 amide bonds. The lowest BCUT2D eigenvalue weighted by atomic mass is 9.98. The maximum atomic E-state index is 6.15. The van der Waals surface area contributed by atoms with E-state index in [-0.39, 0.29) is 0 Å². The van der Waals surface area contributed by atoms with E-state index in [0.717, 1.165) is 18.4 Å². The van der Waals surface area contributed by atoms with Crippen LogP contribution in [0.4, 0.5) is 0 Å². The van der Waals surface area contributed by atoms with E-state index < -0.39 is 0 Å². The molecule has 112 valence electrons. The highest BCUT2D eigenvalue weighted by Gasteiger charge is 2.22. The van der Waals surface area contributed by atoms with Crippen LogP contribution in [0.2, 0.25) is 0 Å². The van der Waals surface area contributed by atoms with Gasteiger partial charge in [0.2, 0.25) is 0 Å². The number of thioether (sulfide) groups is 1. The molecule has 5 heteroatoms. The number of nitrogens with zero attached hydrogens (tertiary/aromatic N) is 2. The van der Waals surface area contributed by atoms with Crippen LogP contribution in [0.5, 0.6) is 0 Å². The zero-order valence-electron chi connectivity index (χ0n) is 12.1. The van der Waals surface area contributed by atoms with Crippen LogP contribution in [0, 0.1) is 5.92 Å². The second-order valence-corrected chi connectivity index (χ2v) is 6.89. The molecule has 2 heterocycles. The molecule has 0 aliphatic carbocycles. The van der Waals surface area contributed by atoms with Crippen molar-refractivity contribution >= 4 is 24.4 Å². The highest BCUT2D eigenvalue weighted by Crippen LogP contribution is 2.21. The molecule has 0 aromatic carbocycles. The summed E-state index contributed by atoms with van der Waals surface area (Å²) in [6, 6.07) is 0. The Labute approximate surface area is 127 Å². The minimum absolute atomic E-state index is 0.515. The van der Waals surface area contributed by atoms with E-state index in [2.05, 4.69) is 28.7 Å². The van der Waals surface area contributed by atoms with E-state index >= 15 is 0 Å². The fourth-order valence-corrected chi connectivity index (χ4v) is 3.86. The third-order valence-electron chi connectivity index (χ3n) is 4.32. The van der Waals surface area contributed by atoms with Gasteiger partial charge in [0.25, 0.3) is 0 Å². The third-order valence-corrected chi connectivity index (χ3v) is 5.34. The SMILES string of the molecule is CSCN1CCC(OCC2CCN(CS)CC2)CC1. The van der Waals surface area contributed by atoms with E-state index in [1.165, 1.54) is 57.7 Å². The first-order chi connectivity index (χ1) is 9.31. The predicted octanol–water partition coefficient (Wildman–Crippen LogP) is 2.39. The van der Waals surface area contributed by atoms with Crippen LogP contribution in [-0.4, -0.2) is 66.7 Å². The van der Waals surface area contributed by atoms with Crippen molar-refractivity contribution < 1.29 is 4.74 Å². The van der Waals surface area contributed by atoms with Gasteiger partial charge in [-0.1, -0.05) is 0 Å². The molecular formula is C14H28N2OS2. The normalized spacial score (nSPS) is 24.9. The van der Waals surface area contributed by atoms with E-state index in [4.69, 9.17) is 4.74 Å². The highest BCUT2D eigenvalue weighted by atomic mass is 32.2. The summed E-state index contributed by atoms with van der Waals surface area (Å²) < 4.78 is 6.15. The van der Waals surface area contributed by atoms with Crippen molar-refractivity contribution in [2.45, 2.75) is 31.8 Å². The van der Waals surface area contributed by atoms with Gasteiger partial charge in [-0.05, 0) is 50.9 Å². The zero-order chi connectivity index (χ0) is 13.5. The Kier molecular flexibility index (Phi) is 7.37. The molecule has 0 spiro atoms. The molecule has 0 bridgehead atoms. The van der Waals surface area contributed by atoms with Crippen LogP contribution < -0.4 is 0 Å². The highest BCUT2D eigenvalue weighted by molar-refractivity contribution is 7.98.